The van der Waals surface area contributed by atoms with Crippen molar-refractivity contribution < 1.29 is 9.53 Å². The summed E-state index contributed by atoms with van der Waals surface area (Å²) in [7, 11) is 1.54. The molecular formula is C18H21ClN4O2. The number of nitrogens with zero attached hydrogens (tertiary/aromatic N) is 2. The maximum absolute atomic E-state index is 12.3. The third kappa shape index (κ3) is 4.60. The second-order valence-electron chi connectivity index (χ2n) is 6.07. The van der Waals surface area contributed by atoms with Gasteiger partial charge in [0.2, 0.25) is 0 Å². The van der Waals surface area contributed by atoms with E-state index in [1.165, 1.54) is 32.6 Å². The van der Waals surface area contributed by atoms with Crippen LogP contribution in [0, 0.1) is 0 Å². The van der Waals surface area contributed by atoms with E-state index in [1.54, 1.807) is 24.4 Å². The summed E-state index contributed by atoms with van der Waals surface area (Å²) in [5.74, 6) is 0.923. The normalized spacial score (nSPS) is 14.8. The van der Waals surface area contributed by atoms with Gasteiger partial charge in [-0.1, -0.05) is 30.9 Å². The molecule has 2 N–H and O–H groups in total. The smallest absolute Gasteiger partial charge is 0.275 e. The van der Waals surface area contributed by atoms with Crippen LogP contribution in [-0.4, -0.2) is 29.0 Å². The van der Waals surface area contributed by atoms with Gasteiger partial charge >= 0.3 is 0 Å². The lowest BCUT2D eigenvalue weighted by Crippen LogP contribution is -2.23. The Balaban J connectivity index is 1.61. The molecule has 1 aromatic heterocycles. The average molecular weight is 361 g/mol. The van der Waals surface area contributed by atoms with Crippen molar-refractivity contribution in [2.75, 3.05) is 17.7 Å². The number of ether oxygens (including phenoxy) is 1. The molecule has 0 atom stereocenters. The third-order valence-electron chi connectivity index (χ3n) is 4.25. The fourth-order valence-electron chi connectivity index (χ4n) is 2.92. The molecule has 0 radical (unpaired) electrons. The number of hydrogen-bond donors (Lipinski definition) is 2. The predicted octanol–water partition coefficient (Wildman–Crippen LogP) is 4.14. The number of benzene rings is 1. The fraction of sp³-hybridized carbons (Fsp3) is 0.389. The molecular weight excluding hydrogens is 340 g/mol. The number of aromatic nitrogens is 2. The van der Waals surface area contributed by atoms with Gasteiger partial charge in [-0.2, -0.15) is 0 Å². The molecule has 6 nitrogen and oxygen atoms in total. The molecule has 0 unspecified atom stereocenters. The zero-order chi connectivity index (χ0) is 17.6. The minimum absolute atomic E-state index is 0.251. The standard InChI is InChI=1S/C18H21ClN4O2/c1-25-16-8-7-13(9-14(16)19)23-18(24)15-10-21-17(11-20-15)22-12-5-3-2-4-6-12/h7-12H,2-6H2,1H3,(H,21,22)(H,23,24). The third-order valence-corrected chi connectivity index (χ3v) is 4.55. The maximum atomic E-state index is 12.3. The lowest BCUT2D eigenvalue weighted by molar-refractivity contribution is 0.102. The summed E-state index contributed by atoms with van der Waals surface area (Å²) in [5.41, 5.74) is 0.822. The molecule has 1 aromatic carbocycles. The van der Waals surface area contributed by atoms with Gasteiger partial charge in [-0.05, 0) is 31.0 Å². The molecule has 0 saturated heterocycles. The Morgan fingerprint density at radius 2 is 2.00 bits per heavy atom. The molecule has 0 bridgehead atoms. The Hall–Kier alpha value is -2.34. The summed E-state index contributed by atoms with van der Waals surface area (Å²) < 4.78 is 5.09. The number of methoxy groups -OCH3 is 1. The average Bonchev–Trinajstić information content (AvgIpc) is 2.63. The minimum Gasteiger partial charge on any atom is -0.495 e. The first-order chi connectivity index (χ1) is 12.2. The van der Waals surface area contributed by atoms with Crippen molar-refractivity contribution in [3.63, 3.8) is 0 Å². The Bertz CT molecular complexity index is 730. The van der Waals surface area contributed by atoms with Crippen molar-refractivity contribution in [3.05, 3.63) is 41.3 Å². The molecule has 1 fully saturated rings. The molecule has 1 aliphatic rings. The number of anilines is 2. The van der Waals surface area contributed by atoms with E-state index >= 15 is 0 Å². The summed E-state index contributed by atoms with van der Waals surface area (Å²) in [6.45, 7) is 0. The molecule has 0 spiro atoms. The number of nitrogens with one attached hydrogen (secondary N) is 2. The molecule has 2 aromatic rings. The van der Waals surface area contributed by atoms with Crippen molar-refractivity contribution in [2.45, 2.75) is 38.1 Å². The Kier molecular flexibility index (Phi) is 5.71. The second-order valence-corrected chi connectivity index (χ2v) is 6.48. The van der Waals surface area contributed by atoms with E-state index in [4.69, 9.17) is 16.3 Å². The van der Waals surface area contributed by atoms with E-state index in [9.17, 15) is 4.79 Å². The topological polar surface area (TPSA) is 76.1 Å². The van der Waals surface area contributed by atoms with Crippen LogP contribution in [0.25, 0.3) is 0 Å². The Labute approximate surface area is 152 Å². The van der Waals surface area contributed by atoms with Gasteiger partial charge in [0.15, 0.2) is 0 Å². The zero-order valence-electron chi connectivity index (χ0n) is 14.1. The van der Waals surface area contributed by atoms with Gasteiger partial charge in [-0.3, -0.25) is 4.79 Å². The van der Waals surface area contributed by atoms with Gasteiger partial charge in [0.05, 0.1) is 24.5 Å². The summed E-state index contributed by atoms with van der Waals surface area (Å²) in [6.07, 6.45) is 9.19. The van der Waals surface area contributed by atoms with Crippen LogP contribution in [-0.2, 0) is 0 Å². The predicted molar refractivity (Wildman–Crippen MR) is 98.5 cm³/mol. The first-order valence-corrected chi connectivity index (χ1v) is 8.77. The Morgan fingerprint density at radius 1 is 1.20 bits per heavy atom. The van der Waals surface area contributed by atoms with E-state index in [0.29, 0.717) is 28.3 Å². The largest absolute Gasteiger partial charge is 0.495 e. The first-order valence-electron chi connectivity index (χ1n) is 8.39. The van der Waals surface area contributed by atoms with Gasteiger partial charge in [0.25, 0.3) is 5.91 Å². The summed E-state index contributed by atoms with van der Waals surface area (Å²) in [6, 6.07) is 5.49. The minimum atomic E-state index is -0.335. The number of carbonyl (C=O) groups excluding carboxylic acids is 1. The highest BCUT2D eigenvalue weighted by molar-refractivity contribution is 6.32. The van der Waals surface area contributed by atoms with Crippen molar-refractivity contribution >= 4 is 29.0 Å². The fourth-order valence-corrected chi connectivity index (χ4v) is 3.17. The van der Waals surface area contributed by atoms with E-state index in [0.717, 1.165) is 12.8 Å². The van der Waals surface area contributed by atoms with Crippen LogP contribution >= 0.6 is 11.6 Å². The van der Waals surface area contributed by atoms with Crippen LogP contribution in [0.4, 0.5) is 11.5 Å². The molecule has 132 valence electrons. The highest BCUT2D eigenvalue weighted by atomic mass is 35.5. The van der Waals surface area contributed by atoms with Crippen LogP contribution in [0.2, 0.25) is 5.02 Å². The summed E-state index contributed by atoms with van der Waals surface area (Å²) in [5, 5.41) is 6.56. The SMILES string of the molecule is COc1ccc(NC(=O)c2cnc(NC3CCCCC3)cn2)cc1Cl. The number of rotatable bonds is 5. The van der Waals surface area contributed by atoms with E-state index in [2.05, 4.69) is 20.6 Å². The van der Waals surface area contributed by atoms with E-state index < -0.39 is 0 Å². The van der Waals surface area contributed by atoms with Crippen molar-refractivity contribution in [2.24, 2.45) is 0 Å². The van der Waals surface area contributed by atoms with Crippen molar-refractivity contribution in [3.8, 4) is 5.75 Å². The van der Waals surface area contributed by atoms with Gasteiger partial charge in [-0.25, -0.2) is 9.97 Å². The lowest BCUT2D eigenvalue weighted by atomic mass is 9.96. The Morgan fingerprint density at radius 3 is 2.64 bits per heavy atom. The van der Waals surface area contributed by atoms with Crippen molar-refractivity contribution in [1.82, 2.24) is 9.97 Å². The lowest BCUT2D eigenvalue weighted by Gasteiger charge is -2.23. The van der Waals surface area contributed by atoms with Crippen LogP contribution in [0.15, 0.2) is 30.6 Å². The first kappa shape index (κ1) is 17.5. The number of halogens is 1. The monoisotopic (exact) mass is 360 g/mol. The molecule has 3 rings (SSSR count). The highest BCUT2D eigenvalue weighted by Gasteiger charge is 2.14. The van der Waals surface area contributed by atoms with Crippen LogP contribution in [0.5, 0.6) is 5.75 Å². The molecule has 1 aliphatic carbocycles. The molecule has 1 amide bonds. The molecule has 25 heavy (non-hydrogen) atoms. The quantitative estimate of drug-likeness (QED) is 0.838. The zero-order valence-corrected chi connectivity index (χ0v) is 14.8. The highest BCUT2D eigenvalue weighted by Crippen LogP contribution is 2.27. The molecule has 7 heteroatoms. The van der Waals surface area contributed by atoms with E-state index in [1.807, 2.05) is 0 Å². The second kappa shape index (κ2) is 8.16. The van der Waals surface area contributed by atoms with Crippen molar-refractivity contribution in [1.29, 1.82) is 0 Å². The molecule has 1 saturated carbocycles. The van der Waals surface area contributed by atoms with Gasteiger partial charge in [0, 0.05) is 11.7 Å². The van der Waals surface area contributed by atoms with Crippen LogP contribution in [0.3, 0.4) is 0 Å². The molecule has 0 aliphatic heterocycles. The summed E-state index contributed by atoms with van der Waals surface area (Å²) >= 11 is 6.06. The number of hydrogen-bond acceptors (Lipinski definition) is 5. The van der Waals surface area contributed by atoms with Gasteiger partial charge < -0.3 is 15.4 Å². The van der Waals surface area contributed by atoms with Gasteiger partial charge in [0.1, 0.15) is 17.3 Å². The number of amides is 1. The van der Waals surface area contributed by atoms with Crippen LogP contribution in [0.1, 0.15) is 42.6 Å². The van der Waals surface area contributed by atoms with Crippen LogP contribution < -0.4 is 15.4 Å². The summed E-state index contributed by atoms with van der Waals surface area (Å²) in [4.78, 5) is 20.8. The number of carbonyl (C=O) groups is 1. The molecule has 1 heterocycles. The maximum Gasteiger partial charge on any atom is 0.275 e. The van der Waals surface area contributed by atoms with E-state index in [-0.39, 0.29) is 11.6 Å². The van der Waals surface area contributed by atoms with Gasteiger partial charge in [-0.15, -0.1) is 0 Å².